The topological polar surface area (TPSA) is 116 Å². The molecular formula is C24H32FN9O. The standard InChI is InChI=1S/C24H32FN9O/c25-19-3-1-17(2-4-19)20-15-29-31-24(30-20)34-13-11-33(12-14-34)22(23(26)35)18-5-9-32(10-6-18)16-21-27-7-8-28-21/h1-4,15,18,22H,5-14,16H2,(H2,26,35)(H,27,28). The second-order valence-electron chi connectivity index (χ2n) is 9.39. The van der Waals surface area contributed by atoms with E-state index in [1.54, 1.807) is 18.3 Å². The van der Waals surface area contributed by atoms with Crippen LogP contribution in [0.25, 0.3) is 11.3 Å². The van der Waals surface area contributed by atoms with Gasteiger partial charge in [0.1, 0.15) is 11.7 Å². The number of benzene rings is 1. The SMILES string of the molecule is NC(=O)C(C1CCN(CC2=NCCN2)CC1)N1CCN(c2nncc(-c3ccc(F)cc3)n2)CC1. The molecule has 2 fully saturated rings. The molecule has 2 saturated heterocycles. The molecule has 186 valence electrons. The van der Waals surface area contributed by atoms with E-state index in [0.29, 0.717) is 37.8 Å². The van der Waals surface area contributed by atoms with E-state index in [4.69, 9.17) is 5.73 Å². The van der Waals surface area contributed by atoms with Crippen LogP contribution in [-0.2, 0) is 4.79 Å². The van der Waals surface area contributed by atoms with Gasteiger partial charge < -0.3 is 16.0 Å². The number of primary amides is 1. The van der Waals surface area contributed by atoms with E-state index in [9.17, 15) is 9.18 Å². The third-order valence-corrected chi connectivity index (χ3v) is 7.17. The Labute approximate surface area is 204 Å². The van der Waals surface area contributed by atoms with Crippen molar-refractivity contribution in [1.82, 2.24) is 30.3 Å². The predicted octanol–water partition coefficient (Wildman–Crippen LogP) is 0.367. The molecule has 0 spiro atoms. The molecule has 35 heavy (non-hydrogen) atoms. The fourth-order valence-electron chi connectivity index (χ4n) is 5.29. The zero-order valence-electron chi connectivity index (χ0n) is 19.8. The summed E-state index contributed by atoms with van der Waals surface area (Å²) in [6, 6.07) is 5.92. The summed E-state index contributed by atoms with van der Waals surface area (Å²) in [5, 5.41) is 11.6. The number of rotatable bonds is 7. The van der Waals surface area contributed by atoms with E-state index in [2.05, 4.69) is 40.2 Å². The molecule has 0 saturated carbocycles. The fourth-order valence-corrected chi connectivity index (χ4v) is 5.29. The van der Waals surface area contributed by atoms with Crippen molar-refractivity contribution in [3.05, 3.63) is 36.3 Å². The molecule has 0 radical (unpaired) electrons. The van der Waals surface area contributed by atoms with E-state index in [0.717, 1.165) is 57.0 Å². The largest absolute Gasteiger partial charge is 0.371 e. The molecule has 10 nitrogen and oxygen atoms in total. The number of hydrogen-bond acceptors (Lipinski definition) is 9. The highest BCUT2D eigenvalue weighted by molar-refractivity contribution is 5.85. The maximum atomic E-state index is 13.3. The normalized spacial score (nSPS) is 20.9. The van der Waals surface area contributed by atoms with Gasteiger partial charge in [0, 0.05) is 38.3 Å². The lowest BCUT2D eigenvalue weighted by Gasteiger charge is -2.43. The summed E-state index contributed by atoms with van der Waals surface area (Å²) in [7, 11) is 0. The minimum absolute atomic E-state index is 0.241. The molecule has 1 unspecified atom stereocenters. The predicted molar refractivity (Wildman–Crippen MR) is 131 cm³/mol. The van der Waals surface area contributed by atoms with Crippen molar-refractivity contribution in [2.75, 3.05) is 63.8 Å². The highest BCUT2D eigenvalue weighted by Gasteiger charge is 2.36. The number of piperazine rings is 1. The third kappa shape index (κ3) is 5.57. The lowest BCUT2D eigenvalue weighted by Crippen LogP contribution is -2.58. The number of hydrogen-bond donors (Lipinski definition) is 2. The Balaban J connectivity index is 1.18. The summed E-state index contributed by atoms with van der Waals surface area (Å²) >= 11 is 0. The van der Waals surface area contributed by atoms with Crippen LogP contribution in [0.5, 0.6) is 0 Å². The maximum Gasteiger partial charge on any atom is 0.245 e. The van der Waals surface area contributed by atoms with Crippen LogP contribution in [0.15, 0.2) is 35.5 Å². The minimum Gasteiger partial charge on any atom is -0.371 e. The van der Waals surface area contributed by atoms with Gasteiger partial charge in [-0.15, -0.1) is 5.10 Å². The van der Waals surface area contributed by atoms with Gasteiger partial charge in [-0.25, -0.2) is 9.37 Å². The Morgan fingerprint density at radius 2 is 1.86 bits per heavy atom. The summed E-state index contributed by atoms with van der Waals surface area (Å²) in [4.78, 5) is 28.3. The molecule has 2 aromatic rings. The molecule has 0 bridgehead atoms. The average Bonchev–Trinajstić information content (AvgIpc) is 3.39. The molecule has 5 rings (SSSR count). The number of nitrogens with one attached hydrogen (secondary N) is 1. The quantitative estimate of drug-likeness (QED) is 0.583. The first kappa shape index (κ1) is 23.6. The molecule has 11 heteroatoms. The number of nitrogens with two attached hydrogens (primary N) is 1. The number of carbonyl (C=O) groups is 1. The van der Waals surface area contributed by atoms with Gasteiger partial charge in [0.25, 0.3) is 0 Å². The fraction of sp³-hybridized carbons (Fsp3) is 0.542. The van der Waals surface area contributed by atoms with E-state index in [-0.39, 0.29) is 23.7 Å². The first-order chi connectivity index (χ1) is 17.1. The van der Waals surface area contributed by atoms with E-state index >= 15 is 0 Å². The highest BCUT2D eigenvalue weighted by Crippen LogP contribution is 2.26. The number of anilines is 1. The smallest absolute Gasteiger partial charge is 0.245 e. The summed E-state index contributed by atoms with van der Waals surface area (Å²) < 4.78 is 13.3. The van der Waals surface area contributed by atoms with Crippen LogP contribution in [0, 0.1) is 11.7 Å². The van der Waals surface area contributed by atoms with E-state index < -0.39 is 0 Å². The maximum absolute atomic E-state index is 13.3. The number of piperidine rings is 1. The first-order valence-electron chi connectivity index (χ1n) is 12.3. The van der Waals surface area contributed by atoms with Crippen molar-refractivity contribution in [2.45, 2.75) is 18.9 Å². The second kappa shape index (κ2) is 10.6. The van der Waals surface area contributed by atoms with Crippen LogP contribution in [0.2, 0.25) is 0 Å². The number of amidine groups is 1. The molecule has 1 amide bonds. The number of nitrogens with zero attached hydrogens (tertiary/aromatic N) is 7. The summed E-state index contributed by atoms with van der Waals surface area (Å²) in [6.45, 7) is 7.33. The molecule has 1 aromatic heterocycles. The second-order valence-corrected chi connectivity index (χ2v) is 9.39. The Bertz CT molecular complexity index is 1050. The van der Waals surface area contributed by atoms with Crippen molar-refractivity contribution >= 4 is 17.7 Å². The van der Waals surface area contributed by atoms with Gasteiger partial charge in [-0.2, -0.15) is 5.10 Å². The van der Waals surface area contributed by atoms with Crippen LogP contribution in [0.1, 0.15) is 12.8 Å². The van der Waals surface area contributed by atoms with Crippen molar-refractivity contribution in [3.8, 4) is 11.3 Å². The number of aromatic nitrogens is 3. The van der Waals surface area contributed by atoms with Crippen LogP contribution in [0.4, 0.5) is 10.3 Å². The van der Waals surface area contributed by atoms with Crippen LogP contribution < -0.4 is 16.0 Å². The lowest BCUT2D eigenvalue weighted by atomic mass is 9.87. The molecular weight excluding hydrogens is 449 g/mol. The lowest BCUT2D eigenvalue weighted by molar-refractivity contribution is -0.126. The first-order valence-corrected chi connectivity index (χ1v) is 12.3. The Kier molecular flexibility index (Phi) is 7.14. The van der Waals surface area contributed by atoms with Gasteiger partial charge in [-0.1, -0.05) is 0 Å². The number of carbonyl (C=O) groups excluding carboxylic acids is 1. The molecule has 4 heterocycles. The van der Waals surface area contributed by atoms with Crippen LogP contribution in [-0.4, -0.2) is 102 Å². The van der Waals surface area contributed by atoms with Crippen LogP contribution >= 0.6 is 0 Å². The molecule has 3 N–H and O–H groups in total. The minimum atomic E-state index is -0.290. The van der Waals surface area contributed by atoms with Gasteiger partial charge in [0.15, 0.2) is 0 Å². The zero-order chi connectivity index (χ0) is 24.2. The van der Waals surface area contributed by atoms with Gasteiger partial charge in [0.2, 0.25) is 11.9 Å². The Morgan fingerprint density at radius 1 is 1.11 bits per heavy atom. The number of likely N-dealkylation sites (tertiary alicyclic amines) is 1. The van der Waals surface area contributed by atoms with Gasteiger partial charge in [-0.3, -0.25) is 19.6 Å². The summed E-state index contributed by atoms with van der Waals surface area (Å²) in [5.41, 5.74) is 7.35. The number of halogens is 1. The number of amides is 1. The molecule has 3 aliphatic heterocycles. The average molecular weight is 482 g/mol. The summed E-state index contributed by atoms with van der Waals surface area (Å²) in [5.74, 6) is 1.34. The molecule has 3 aliphatic rings. The van der Waals surface area contributed by atoms with Crippen molar-refractivity contribution in [3.63, 3.8) is 0 Å². The number of aliphatic imine (C=N–C) groups is 1. The van der Waals surface area contributed by atoms with E-state index in [1.807, 2.05) is 0 Å². The Hall–Kier alpha value is -3.18. The molecule has 0 aliphatic carbocycles. The molecule has 1 aromatic carbocycles. The van der Waals surface area contributed by atoms with Crippen LogP contribution in [0.3, 0.4) is 0 Å². The Morgan fingerprint density at radius 3 is 2.51 bits per heavy atom. The summed E-state index contributed by atoms with van der Waals surface area (Å²) in [6.07, 6.45) is 3.49. The van der Waals surface area contributed by atoms with Gasteiger partial charge in [-0.05, 0) is 56.1 Å². The zero-order valence-corrected chi connectivity index (χ0v) is 19.8. The molecule has 1 atom stereocenters. The van der Waals surface area contributed by atoms with Crippen molar-refractivity contribution in [2.24, 2.45) is 16.6 Å². The van der Waals surface area contributed by atoms with E-state index in [1.165, 1.54) is 12.1 Å². The van der Waals surface area contributed by atoms with Crippen molar-refractivity contribution < 1.29 is 9.18 Å². The third-order valence-electron chi connectivity index (χ3n) is 7.17. The highest BCUT2D eigenvalue weighted by atomic mass is 19.1. The monoisotopic (exact) mass is 481 g/mol. The van der Waals surface area contributed by atoms with Gasteiger partial charge in [0.05, 0.1) is 31.0 Å². The van der Waals surface area contributed by atoms with Gasteiger partial charge >= 0.3 is 0 Å². The van der Waals surface area contributed by atoms with Crippen molar-refractivity contribution in [1.29, 1.82) is 0 Å².